The molecule has 76 valence electrons. The lowest BCUT2D eigenvalue weighted by molar-refractivity contribution is -0.120. The van der Waals surface area contributed by atoms with Crippen molar-refractivity contribution in [2.24, 2.45) is 0 Å². The van der Waals surface area contributed by atoms with Crippen molar-refractivity contribution in [3.63, 3.8) is 0 Å². The van der Waals surface area contributed by atoms with E-state index in [1.165, 1.54) is 12.1 Å². The summed E-state index contributed by atoms with van der Waals surface area (Å²) in [5.41, 5.74) is 0. The van der Waals surface area contributed by atoms with Crippen molar-refractivity contribution in [3.05, 3.63) is 30.3 Å². The van der Waals surface area contributed by atoms with Crippen molar-refractivity contribution < 1.29 is 19.7 Å². The number of benzene rings is 2. The molecule has 2 aromatic carbocycles. The van der Waals surface area contributed by atoms with Gasteiger partial charge in [0.2, 0.25) is 0 Å². The number of aromatic hydroxyl groups is 2. The van der Waals surface area contributed by atoms with Crippen LogP contribution in [0, 0.1) is 0 Å². The minimum Gasteiger partial charge on any atom is -0.504 e. The van der Waals surface area contributed by atoms with Crippen LogP contribution in [-0.4, -0.2) is 16.7 Å². The SMILES string of the molecule is O=COc1cccc2cc(O)c(O)cc12. The average molecular weight is 204 g/mol. The van der Waals surface area contributed by atoms with E-state index in [9.17, 15) is 15.0 Å². The molecule has 0 heterocycles. The number of hydrogen-bond acceptors (Lipinski definition) is 4. The number of phenolic OH excluding ortho intramolecular Hbond substituents is 2. The van der Waals surface area contributed by atoms with Crippen LogP contribution >= 0.6 is 0 Å². The number of hydrogen-bond donors (Lipinski definition) is 2. The first-order valence-electron chi connectivity index (χ1n) is 4.27. The van der Waals surface area contributed by atoms with Crippen LogP contribution in [0.3, 0.4) is 0 Å². The number of rotatable bonds is 2. The lowest BCUT2D eigenvalue weighted by Crippen LogP contribution is -1.89. The van der Waals surface area contributed by atoms with Crippen LogP contribution in [-0.2, 0) is 4.79 Å². The molecule has 0 aliphatic heterocycles. The van der Waals surface area contributed by atoms with Gasteiger partial charge in [0, 0.05) is 5.39 Å². The van der Waals surface area contributed by atoms with Gasteiger partial charge in [0.25, 0.3) is 6.47 Å². The Morgan fingerprint density at radius 2 is 1.87 bits per heavy atom. The highest BCUT2D eigenvalue weighted by atomic mass is 16.5. The van der Waals surface area contributed by atoms with Crippen LogP contribution in [0.1, 0.15) is 0 Å². The van der Waals surface area contributed by atoms with Crippen LogP contribution in [0.2, 0.25) is 0 Å². The first kappa shape index (κ1) is 9.33. The lowest BCUT2D eigenvalue weighted by atomic mass is 10.1. The van der Waals surface area contributed by atoms with E-state index in [1.54, 1.807) is 18.2 Å². The van der Waals surface area contributed by atoms with Gasteiger partial charge >= 0.3 is 0 Å². The Balaban J connectivity index is 2.73. The van der Waals surface area contributed by atoms with E-state index in [0.717, 1.165) is 0 Å². The molecule has 0 saturated heterocycles. The lowest BCUT2D eigenvalue weighted by Gasteiger charge is -2.05. The smallest absolute Gasteiger partial charge is 0.298 e. The highest BCUT2D eigenvalue weighted by molar-refractivity contribution is 5.91. The monoisotopic (exact) mass is 204 g/mol. The van der Waals surface area contributed by atoms with Gasteiger partial charge in [-0.15, -0.1) is 0 Å². The van der Waals surface area contributed by atoms with E-state index in [1.807, 2.05) is 0 Å². The summed E-state index contributed by atoms with van der Waals surface area (Å²) in [6, 6.07) is 7.79. The molecule has 0 aliphatic rings. The van der Waals surface area contributed by atoms with Gasteiger partial charge in [-0.25, -0.2) is 0 Å². The Bertz CT molecular complexity index is 519. The normalized spacial score (nSPS) is 10.1. The van der Waals surface area contributed by atoms with Crippen LogP contribution in [0.25, 0.3) is 10.8 Å². The van der Waals surface area contributed by atoms with Crippen LogP contribution in [0.15, 0.2) is 30.3 Å². The Kier molecular flexibility index (Phi) is 2.17. The van der Waals surface area contributed by atoms with Gasteiger partial charge in [-0.3, -0.25) is 4.79 Å². The maximum Gasteiger partial charge on any atom is 0.298 e. The third kappa shape index (κ3) is 1.57. The highest BCUT2D eigenvalue weighted by Crippen LogP contribution is 2.34. The summed E-state index contributed by atoms with van der Waals surface area (Å²) < 4.78 is 4.74. The number of fused-ring (bicyclic) bond motifs is 1. The molecule has 2 aromatic rings. The molecule has 0 radical (unpaired) electrons. The van der Waals surface area contributed by atoms with Gasteiger partial charge in [-0.2, -0.15) is 0 Å². The summed E-state index contributed by atoms with van der Waals surface area (Å²) in [5, 5.41) is 19.8. The van der Waals surface area contributed by atoms with E-state index >= 15 is 0 Å². The quantitative estimate of drug-likeness (QED) is 0.578. The van der Waals surface area contributed by atoms with Crippen molar-refractivity contribution in [2.75, 3.05) is 0 Å². The van der Waals surface area contributed by atoms with E-state index in [-0.39, 0.29) is 11.5 Å². The van der Waals surface area contributed by atoms with Gasteiger partial charge in [-0.1, -0.05) is 12.1 Å². The predicted molar refractivity (Wildman–Crippen MR) is 54.0 cm³/mol. The van der Waals surface area contributed by atoms with E-state index < -0.39 is 0 Å². The summed E-state index contributed by atoms with van der Waals surface area (Å²) in [6.45, 7) is 0.318. The first-order valence-corrected chi connectivity index (χ1v) is 4.27. The van der Waals surface area contributed by atoms with E-state index in [2.05, 4.69) is 0 Å². The first-order chi connectivity index (χ1) is 7.22. The third-order valence-electron chi connectivity index (χ3n) is 2.11. The molecule has 0 unspecified atom stereocenters. The number of ether oxygens (including phenoxy) is 1. The maximum atomic E-state index is 10.2. The van der Waals surface area contributed by atoms with Crippen molar-refractivity contribution in [2.45, 2.75) is 0 Å². The minimum absolute atomic E-state index is 0.203. The fourth-order valence-electron chi connectivity index (χ4n) is 1.43. The molecule has 0 atom stereocenters. The zero-order chi connectivity index (χ0) is 10.8. The highest BCUT2D eigenvalue weighted by Gasteiger charge is 2.06. The summed E-state index contributed by atoms with van der Waals surface area (Å²) in [7, 11) is 0. The summed E-state index contributed by atoms with van der Waals surface area (Å²) in [5.74, 6) is -0.104. The Morgan fingerprint density at radius 3 is 2.60 bits per heavy atom. The molecular weight excluding hydrogens is 196 g/mol. The molecule has 0 spiro atoms. The summed E-state index contributed by atoms with van der Waals surface area (Å²) in [6.07, 6.45) is 0. The van der Waals surface area contributed by atoms with Gasteiger partial charge in [0.05, 0.1) is 0 Å². The van der Waals surface area contributed by atoms with Crippen LogP contribution in [0.4, 0.5) is 0 Å². The van der Waals surface area contributed by atoms with Crippen molar-refractivity contribution in [1.29, 1.82) is 0 Å². The molecule has 0 saturated carbocycles. The average Bonchev–Trinajstić information content (AvgIpc) is 2.21. The largest absolute Gasteiger partial charge is 0.504 e. The summed E-state index contributed by atoms with van der Waals surface area (Å²) in [4.78, 5) is 10.2. The van der Waals surface area contributed by atoms with Crippen LogP contribution < -0.4 is 4.74 Å². The second-order valence-corrected chi connectivity index (χ2v) is 3.03. The molecule has 4 heteroatoms. The predicted octanol–water partition coefficient (Wildman–Crippen LogP) is 1.79. The Hall–Kier alpha value is -2.23. The molecule has 0 fully saturated rings. The molecule has 15 heavy (non-hydrogen) atoms. The Labute approximate surface area is 85.3 Å². The molecule has 0 aliphatic carbocycles. The van der Waals surface area contributed by atoms with Gasteiger partial charge in [0.1, 0.15) is 5.75 Å². The van der Waals surface area contributed by atoms with Gasteiger partial charge < -0.3 is 14.9 Å². The number of carbonyl (C=O) groups excluding carboxylic acids is 1. The molecule has 0 amide bonds. The molecule has 0 aromatic heterocycles. The zero-order valence-electron chi connectivity index (χ0n) is 7.68. The molecule has 0 bridgehead atoms. The Morgan fingerprint density at radius 1 is 1.13 bits per heavy atom. The maximum absolute atomic E-state index is 10.2. The topological polar surface area (TPSA) is 66.8 Å². The standard InChI is InChI=1S/C11H8O4/c12-6-15-11-3-1-2-7-4-9(13)10(14)5-8(7)11/h1-6,13-14H. The molecular formula is C11H8O4. The van der Waals surface area contributed by atoms with Crippen molar-refractivity contribution in [3.8, 4) is 17.2 Å². The fourth-order valence-corrected chi connectivity index (χ4v) is 1.43. The van der Waals surface area contributed by atoms with Crippen molar-refractivity contribution in [1.82, 2.24) is 0 Å². The summed E-state index contributed by atoms with van der Waals surface area (Å²) >= 11 is 0. The molecule has 2 rings (SSSR count). The van der Waals surface area contributed by atoms with Gasteiger partial charge in [-0.05, 0) is 23.6 Å². The van der Waals surface area contributed by atoms with E-state index in [0.29, 0.717) is 23.0 Å². The fraction of sp³-hybridized carbons (Fsp3) is 0. The van der Waals surface area contributed by atoms with Crippen molar-refractivity contribution >= 4 is 17.2 Å². The third-order valence-corrected chi connectivity index (χ3v) is 2.11. The minimum atomic E-state index is -0.246. The zero-order valence-corrected chi connectivity index (χ0v) is 7.68. The molecule has 4 nitrogen and oxygen atoms in total. The van der Waals surface area contributed by atoms with Gasteiger partial charge in [0.15, 0.2) is 11.5 Å². The van der Waals surface area contributed by atoms with Crippen LogP contribution in [0.5, 0.6) is 17.2 Å². The number of phenols is 2. The second kappa shape index (κ2) is 3.49. The second-order valence-electron chi connectivity index (χ2n) is 3.03. The molecule has 2 N–H and O–H groups in total. The van der Waals surface area contributed by atoms with E-state index in [4.69, 9.17) is 4.74 Å². The number of carbonyl (C=O) groups is 1.